The average molecular weight is 289 g/mol. The van der Waals surface area contributed by atoms with Crippen molar-refractivity contribution in [2.24, 2.45) is 0 Å². The predicted octanol–water partition coefficient (Wildman–Crippen LogP) is 5.04. The third-order valence-corrected chi connectivity index (χ3v) is 3.87. The van der Waals surface area contributed by atoms with Gasteiger partial charge in [0.2, 0.25) is 5.88 Å². The van der Waals surface area contributed by atoms with Crippen molar-refractivity contribution in [2.45, 2.75) is 13.8 Å². The normalized spacial score (nSPS) is 10.5. The fourth-order valence-corrected chi connectivity index (χ4v) is 2.89. The van der Waals surface area contributed by atoms with Gasteiger partial charge in [-0.3, -0.25) is 0 Å². The minimum atomic E-state index is 0.639. The lowest BCUT2D eigenvalue weighted by Crippen LogP contribution is -1.92. The van der Waals surface area contributed by atoms with Crippen molar-refractivity contribution in [3.8, 4) is 28.1 Å². The molecule has 0 spiro atoms. The van der Waals surface area contributed by atoms with Crippen molar-refractivity contribution in [2.75, 3.05) is 7.11 Å². The maximum absolute atomic E-state index is 5.22. The Kier molecular flexibility index (Phi) is 3.92. The molecule has 0 saturated heterocycles. The molecule has 3 aromatic rings. The zero-order chi connectivity index (χ0) is 15.5. The minimum absolute atomic E-state index is 0.639. The predicted molar refractivity (Wildman–Crippen MR) is 91.1 cm³/mol. The van der Waals surface area contributed by atoms with Gasteiger partial charge in [-0.05, 0) is 53.3 Å². The van der Waals surface area contributed by atoms with Crippen LogP contribution in [0.25, 0.3) is 22.3 Å². The van der Waals surface area contributed by atoms with Crippen molar-refractivity contribution in [3.63, 3.8) is 0 Å². The third-order valence-electron chi connectivity index (χ3n) is 3.87. The number of ether oxygens (including phenoxy) is 1. The van der Waals surface area contributed by atoms with Crippen LogP contribution in [-0.2, 0) is 0 Å². The van der Waals surface area contributed by atoms with Gasteiger partial charge in [-0.25, -0.2) is 4.98 Å². The van der Waals surface area contributed by atoms with Gasteiger partial charge in [0.15, 0.2) is 0 Å². The molecule has 0 unspecified atom stereocenters. The zero-order valence-electron chi connectivity index (χ0n) is 13.1. The van der Waals surface area contributed by atoms with Crippen molar-refractivity contribution in [1.29, 1.82) is 0 Å². The molecule has 2 heteroatoms. The fraction of sp³-hybridized carbons (Fsp3) is 0.150. The zero-order valence-corrected chi connectivity index (χ0v) is 13.1. The first-order valence-electron chi connectivity index (χ1n) is 7.36. The smallest absolute Gasteiger partial charge is 0.213 e. The van der Waals surface area contributed by atoms with Gasteiger partial charge in [0.05, 0.1) is 7.11 Å². The first kappa shape index (κ1) is 14.3. The van der Waals surface area contributed by atoms with Crippen LogP contribution in [0.4, 0.5) is 0 Å². The average Bonchev–Trinajstić information content (AvgIpc) is 2.55. The molecule has 3 rings (SSSR count). The summed E-state index contributed by atoms with van der Waals surface area (Å²) >= 11 is 0. The molecule has 2 aromatic carbocycles. The molecule has 110 valence electrons. The molecular formula is C20H19NO. The standard InChI is InChI=1S/C20H19NO/c1-14-11-18(17-9-10-21-19(13-17)22-3)12-15(2)20(14)16-7-5-4-6-8-16/h4-13H,1-3H3. The molecule has 22 heavy (non-hydrogen) atoms. The van der Waals surface area contributed by atoms with Gasteiger partial charge in [-0.2, -0.15) is 0 Å². The largest absolute Gasteiger partial charge is 0.481 e. The van der Waals surface area contributed by atoms with E-state index in [9.17, 15) is 0 Å². The molecule has 0 saturated carbocycles. The second-order valence-electron chi connectivity index (χ2n) is 5.44. The van der Waals surface area contributed by atoms with E-state index in [1.54, 1.807) is 13.3 Å². The van der Waals surface area contributed by atoms with E-state index < -0.39 is 0 Å². The molecule has 1 aromatic heterocycles. The summed E-state index contributed by atoms with van der Waals surface area (Å²) in [7, 11) is 1.64. The van der Waals surface area contributed by atoms with E-state index in [4.69, 9.17) is 4.74 Å². The molecular weight excluding hydrogens is 270 g/mol. The molecule has 0 amide bonds. The number of nitrogens with zero attached hydrogens (tertiary/aromatic N) is 1. The van der Waals surface area contributed by atoms with Crippen molar-refractivity contribution < 1.29 is 4.74 Å². The van der Waals surface area contributed by atoms with E-state index in [1.807, 2.05) is 18.2 Å². The number of aromatic nitrogens is 1. The molecule has 1 heterocycles. The van der Waals surface area contributed by atoms with Crippen molar-refractivity contribution in [3.05, 3.63) is 71.9 Å². The first-order chi connectivity index (χ1) is 10.7. The lowest BCUT2D eigenvalue weighted by atomic mass is 9.92. The van der Waals surface area contributed by atoms with Gasteiger partial charge in [-0.1, -0.05) is 42.5 Å². The van der Waals surface area contributed by atoms with Crippen LogP contribution in [0.1, 0.15) is 11.1 Å². The van der Waals surface area contributed by atoms with Crippen LogP contribution in [0.5, 0.6) is 5.88 Å². The summed E-state index contributed by atoms with van der Waals surface area (Å²) in [6, 6.07) is 19.0. The van der Waals surface area contributed by atoms with Crippen LogP contribution in [0.3, 0.4) is 0 Å². The number of rotatable bonds is 3. The highest BCUT2D eigenvalue weighted by molar-refractivity contribution is 5.76. The SMILES string of the molecule is COc1cc(-c2cc(C)c(-c3ccccc3)c(C)c2)ccn1. The summed E-state index contributed by atoms with van der Waals surface area (Å²) < 4.78 is 5.22. The lowest BCUT2D eigenvalue weighted by molar-refractivity contribution is 0.398. The Hall–Kier alpha value is -2.61. The Balaban J connectivity index is 2.10. The Morgan fingerprint density at radius 2 is 1.45 bits per heavy atom. The molecule has 0 aliphatic rings. The monoisotopic (exact) mass is 289 g/mol. The lowest BCUT2D eigenvalue weighted by Gasteiger charge is -2.13. The van der Waals surface area contributed by atoms with E-state index in [0.29, 0.717) is 5.88 Å². The van der Waals surface area contributed by atoms with Crippen molar-refractivity contribution >= 4 is 0 Å². The Labute approximate surface area is 131 Å². The quantitative estimate of drug-likeness (QED) is 0.674. The third kappa shape index (κ3) is 2.73. The summed E-state index contributed by atoms with van der Waals surface area (Å²) in [6.45, 7) is 4.33. The van der Waals surface area contributed by atoms with Crippen molar-refractivity contribution in [1.82, 2.24) is 4.98 Å². The van der Waals surface area contributed by atoms with Crippen LogP contribution in [0.2, 0.25) is 0 Å². The molecule has 0 atom stereocenters. The minimum Gasteiger partial charge on any atom is -0.481 e. The Morgan fingerprint density at radius 1 is 0.773 bits per heavy atom. The van der Waals surface area contributed by atoms with Gasteiger partial charge >= 0.3 is 0 Å². The van der Waals surface area contributed by atoms with Crippen LogP contribution < -0.4 is 4.74 Å². The maximum Gasteiger partial charge on any atom is 0.213 e. The molecule has 0 radical (unpaired) electrons. The number of pyridine rings is 1. The highest BCUT2D eigenvalue weighted by Gasteiger charge is 2.09. The van der Waals surface area contributed by atoms with E-state index in [0.717, 1.165) is 5.56 Å². The maximum atomic E-state index is 5.22. The summed E-state index contributed by atoms with van der Waals surface area (Å²) in [5.41, 5.74) is 7.43. The topological polar surface area (TPSA) is 22.1 Å². The van der Waals surface area contributed by atoms with Gasteiger partial charge in [-0.15, -0.1) is 0 Å². The number of aryl methyl sites for hydroxylation is 2. The molecule has 0 aliphatic heterocycles. The molecule has 0 N–H and O–H groups in total. The summed E-state index contributed by atoms with van der Waals surface area (Å²) in [5, 5.41) is 0. The van der Waals surface area contributed by atoms with Gasteiger partial charge < -0.3 is 4.74 Å². The summed E-state index contributed by atoms with van der Waals surface area (Å²) in [5.74, 6) is 0.639. The van der Waals surface area contributed by atoms with Crippen LogP contribution in [0.15, 0.2) is 60.8 Å². The fourth-order valence-electron chi connectivity index (χ4n) is 2.89. The van der Waals surface area contributed by atoms with Crippen LogP contribution in [-0.4, -0.2) is 12.1 Å². The summed E-state index contributed by atoms with van der Waals surface area (Å²) in [6.07, 6.45) is 1.78. The van der Waals surface area contributed by atoms with Gasteiger partial charge in [0.25, 0.3) is 0 Å². The Bertz CT molecular complexity index is 771. The molecule has 0 aliphatic carbocycles. The van der Waals surface area contributed by atoms with Crippen LogP contribution in [0, 0.1) is 13.8 Å². The number of hydrogen-bond acceptors (Lipinski definition) is 2. The number of hydrogen-bond donors (Lipinski definition) is 0. The molecule has 0 fully saturated rings. The number of methoxy groups -OCH3 is 1. The van der Waals surface area contributed by atoms with Crippen LogP contribution >= 0.6 is 0 Å². The Morgan fingerprint density at radius 3 is 2.09 bits per heavy atom. The highest BCUT2D eigenvalue weighted by Crippen LogP contribution is 2.32. The van der Waals surface area contributed by atoms with E-state index >= 15 is 0 Å². The second-order valence-corrected chi connectivity index (χ2v) is 5.44. The summed E-state index contributed by atoms with van der Waals surface area (Å²) in [4.78, 5) is 4.17. The van der Waals surface area contributed by atoms with E-state index in [-0.39, 0.29) is 0 Å². The van der Waals surface area contributed by atoms with Gasteiger partial charge in [0.1, 0.15) is 0 Å². The molecule has 2 nitrogen and oxygen atoms in total. The van der Waals surface area contributed by atoms with E-state index in [2.05, 4.69) is 55.2 Å². The second kappa shape index (κ2) is 6.02. The number of benzene rings is 2. The van der Waals surface area contributed by atoms with E-state index in [1.165, 1.54) is 27.8 Å². The molecule has 0 bridgehead atoms. The highest BCUT2D eigenvalue weighted by atomic mass is 16.5. The first-order valence-corrected chi connectivity index (χ1v) is 7.36. The van der Waals surface area contributed by atoms with Gasteiger partial charge in [0, 0.05) is 12.3 Å².